The molecule has 0 fully saturated rings. The molecule has 0 aliphatic heterocycles. The van der Waals surface area contributed by atoms with Crippen molar-refractivity contribution in [2.75, 3.05) is 32.8 Å². The molecule has 0 saturated carbocycles. The van der Waals surface area contributed by atoms with Crippen LogP contribution in [0.15, 0.2) is 0 Å². The molecule has 0 heterocycles. The number of nitrogens with zero attached hydrogens (tertiary/aromatic N) is 1. The topological polar surface area (TPSA) is 73.2 Å². The summed E-state index contributed by atoms with van der Waals surface area (Å²) in [6.45, 7) is 13.7. The number of hydrogen-bond acceptors (Lipinski definition) is 5. The van der Waals surface area contributed by atoms with Crippen LogP contribution in [0, 0.1) is 11.3 Å². The predicted molar refractivity (Wildman–Crippen MR) is 168 cm³/mol. The summed E-state index contributed by atoms with van der Waals surface area (Å²) in [5.41, 5.74) is -0.642. The van der Waals surface area contributed by atoms with E-state index in [1.165, 1.54) is 103 Å². The van der Waals surface area contributed by atoms with Crippen LogP contribution >= 0.6 is 0 Å². The van der Waals surface area contributed by atoms with Crippen molar-refractivity contribution in [2.24, 2.45) is 11.3 Å². The zero-order chi connectivity index (χ0) is 29.2. The third-order valence-corrected chi connectivity index (χ3v) is 8.20. The van der Waals surface area contributed by atoms with Gasteiger partial charge in [0.1, 0.15) is 0 Å². The zero-order valence-electron chi connectivity index (χ0n) is 27.1. The lowest BCUT2D eigenvalue weighted by Gasteiger charge is -2.29. The molecule has 0 aromatic carbocycles. The molecule has 0 aromatic heterocycles. The van der Waals surface area contributed by atoms with Gasteiger partial charge in [0.25, 0.3) is 0 Å². The molecule has 0 aliphatic carbocycles. The summed E-state index contributed by atoms with van der Waals surface area (Å²) in [4.78, 5) is 2.47. The minimum atomic E-state index is -0.946. The van der Waals surface area contributed by atoms with Crippen molar-refractivity contribution < 1.29 is 20.1 Å². The van der Waals surface area contributed by atoms with Crippen molar-refractivity contribution in [3.8, 4) is 0 Å². The van der Waals surface area contributed by atoms with Gasteiger partial charge in [-0.3, -0.25) is 0 Å². The van der Waals surface area contributed by atoms with Crippen LogP contribution in [0.4, 0.5) is 0 Å². The van der Waals surface area contributed by atoms with Crippen molar-refractivity contribution in [2.45, 2.75) is 175 Å². The lowest BCUT2D eigenvalue weighted by Crippen LogP contribution is -2.37. The summed E-state index contributed by atoms with van der Waals surface area (Å²) in [6, 6.07) is 0. The highest BCUT2D eigenvalue weighted by atomic mass is 16.6. The number of rotatable bonds is 30. The normalized spacial score (nSPS) is 14.7. The summed E-state index contributed by atoms with van der Waals surface area (Å²) < 4.78 is 5.58. The van der Waals surface area contributed by atoms with Crippen molar-refractivity contribution in [1.82, 2.24) is 4.90 Å². The molecule has 5 nitrogen and oxygen atoms in total. The van der Waals surface area contributed by atoms with Gasteiger partial charge in [-0.25, -0.2) is 0 Å². The fourth-order valence-corrected chi connectivity index (χ4v) is 5.26. The Morgan fingerprint density at radius 3 is 1.64 bits per heavy atom. The van der Waals surface area contributed by atoms with Crippen LogP contribution in [-0.4, -0.2) is 65.5 Å². The Morgan fingerprint density at radius 1 is 0.641 bits per heavy atom. The molecule has 0 rings (SSSR count). The summed E-state index contributed by atoms with van der Waals surface area (Å²) in [5, 5.41) is 30.4. The zero-order valence-corrected chi connectivity index (χ0v) is 27.1. The van der Waals surface area contributed by atoms with Crippen molar-refractivity contribution in [1.29, 1.82) is 0 Å². The smallest absolute Gasteiger partial charge is 0.161 e. The Labute approximate surface area is 244 Å². The summed E-state index contributed by atoms with van der Waals surface area (Å²) >= 11 is 0. The molecule has 236 valence electrons. The molecular weight excluding hydrogens is 486 g/mol. The Balaban J connectivity index is 4.38. The molecular formula is C34H71NO4. The molecule has 0 spiro atoms. The van der Waals surface area contributed by atoms with Crippen LogP contribution < -0.4 is 0 Å². The Bertz CT molecular complexity index is 474. The van der Waals surface area contributed by atoms with Gasteiger partial charge in [-0.15, -0.1) is 0 Å². The molecule has 0 radical (unpaired) electrons. The number of aliphatic hydroxyl groups excluding tert-OH is 3. The van der Waals surface area contributed by atoms with E-state index >= 15 is 0 Å². The number of unbranched alkanes of at least 4 members (excludes halogenated alkanes) is 15. The van der Waals surface area contributed by atoms with E-state index in [0.717, 1.165) is 45.3 Å². The number of ether oxygens (including phenoxy) is 1. The van der Waals surface area contributed by atoms with Crippen LogP contribution in [0.25, 0.3) is 0 Å². The summed E-state index contributed by atoms with van der Waals surface area (Å²) in [7, 11) is 0. The maximum atomic E-state index is 10.8. The maximum absolute atomic E-state index is 10.8. The second kappa shape index (κ2) is 26.7. The monoisotopic (exact) mass is 558 g/mol. The van der Waals surface area contributed by atoms with E-state index in [1.54, 1.807) is 13.8 Å². The summed E-state index contributed by atoms with van der Waals surface area (Å²) in [5.74, 6) is 0.642. The first-order valence-electron chi connectivity index (χ1n) is 17.1. The molecule has 3 N–H and O–H groups in total. The molecule has 0 saturated heterocycles. The Kier molecular flexibility index (Phi) is 26.5. The van der Waals surface area contributed by atoms with Gasteiger partial charge < -0.3 is 25.0 Å². The number of hydrogen-bond donors (Lipinski definition) is 3. The van der Waals surface area contributed by atoms with Gasteiger partial charge in [-0.05, 0) is 38.1 Å². The van der Waals surface area contributed by atoms with Crippen molar-refractivity contribution >= 4 is 0 Å². The SMILES string of the molecule is CCCCCCCCCCC(C)CN(CCCCOC(O)C(C)(C)CO)CC(O)CCCCCCCCCC. The van der Waals surface area contributed by atoms with Gasteiger partial charge in [0, 0.05) is 25.1 Å². The Morgan fingerprint density at radius 2 is 1.13 bits per heavy atom. The van der Waals surface area contributed by atoms with Crippen LogP contribution in [0.3, 0.4) is 0 Å². The molecule has 0 aromatic rings. The highest BCUT2D eigenvalue weighted by Gasteiger charge is 2.27. The second-order valence-electron chi connectivity index (χ2n) is 13.1. The predicted octanol–water partition coefficient (Wildman–Crippen LogP) is 8.48. The average molecular weight is 558 g/mol. The highest BCUT2D eigenvalue weighted by molar-refractivity contribution is 4.71. The highest BCUT2D eigenvalue weighted by Crippen LogP contribution is 2.21. The fourth-order valence-electron chi connectivity index (χ4n) is 5.26. The minimum Gasteiger partial charge on any atom is -0.396 e. The van der Waals surface area contributed by atoms with Crippen LogP contribution in [0.1, 0.15) is 163 Å². The standard InChI is InChI=1S/C34H71NO4/c1-6-8-10-12-14-16-18-20-24-31(3)28-35(26-22-23-27-39-33(38)34(4,5)30-36)29-32(37)25-21-19-17-15-13-11-9-7-2/h31-33,36-38H,6-30H2,1-5H3. The first kappa shape index (κ1) is 38.8. The third kappa shape index (κ3) is 24.1. The molecule has 3 unspecified atom stereocenters. The van der Waals surface area contributed by atoms with Crippen LogP contribution in [0.2, 0.25) is 0 Å². The molecule has 0 aliphatic rings. The third-order valence-electron chi connectivity index (χ3n) is 8.20. The summed E-state index contributed by atoms with van der Waals surface area (Å²) in [6.07, 6.45) is 24.1. The van der Waals surface area contributed by atoms with E-state index < -0.39 is 11.7 Å². The van der Waals surface area contributed by atoms with Crippen molar-refractivity contribution in [3.05, 3.63) is 0 Å². The van der Waals surface area contributed by atoms with E-state index in [2.05, 4.69) is 25.7 Å². The van der Waals surface area contributed by atoms with Gasteiger partial charge >= 0.3 is 0 Å². The van der Waals surface area contributed by atoms with E-state index in [0.29, 0.717) is 12.5 Å². The molecule has 0 bridgehead atoms. The van der Waals surface area contributed by atoms with Crippen LogP contribution in [-0.2, 0) is 4.74 Å². The van der Waals surface area contributed by atoms with Gasteiger partial charge in [0.2, 0.25) is 0 Å². The van der Waals surface area contributed by atoms with Gasteiger partial charge in [-0.2, -0.15) is 0 Å². The van der Waals surface area contributed by atoms with Gasteiger partial charge in [0.05, 0.1) is 12.7 Å². The first-order chi connectivity index (χ1) is 18.8. The largest absolute Gasteiger partial charge is 0.396 e. The lowest BCUT2D eigenvalue weighted by atomic mass is 9.94. The Hall–Kier alpha value is -0.200. The molecule has 5 heteroatoms. The van der Waals surface area contributed by atoms with Gasteiger partial charge in [-0.1, -0.05) is 137 Å². The second-order valence-corrected chi connectivity index (χ2v) is 13.1. The molecule has 39 heavy (non-hydrogen) atoms. The lowest BCUT2D eigenvalue weighted by molar-refractivity contribution is -0.176. The maximum Gasteiger partial charge on any atom is 0.161 e. The average Bonchev–Trinajstić information content (AvgIpc) is 2.91. The quantitative estimate of drug-likeness (QED) is 0.0610. The number of aliphatic hydroxyl groups is 3. The van der Waals surface area contributed by atoms with E-state index in [9.17, 15) is 15.3 Å². The van der Waals surface area contributed by atoms with Crippen molar-refractivity contribution in [3.63, 3.8) is 0 Å². The van der Waals surface area contributed by atoms with E-state index in [1.807, 2.05) is 0 Å². The molecule has 0 amide bonds. The fraction of sp³-hybridized carbons (Fsp3) is 1.00. The molecule has 3 atom stereocenters. The van der Waals surface area contributed by atoms with E-state index in [-0.39, 0.29) is 12.7 Å². The van der Waals surface area contributed by atoms with Crippen LogP contribution in [0.5, 0.6) is 0 Å². The minimum absolute atomic E-state index is 0.102. The first-order valence-corrected chi connectivity index (χ1v) is 17.1. The van der Waals surface area contributed by atoms with Gasteiger partial charge in [0.15, 0.2) is 6.29 Å². The van der Waals surface area contributed by atoms with E-state index in [4.69, 9.17) is 4.74 Å².